The van der Waals surface area contributed by atoms with Crippen molar-refractivity contribution in [3.63, 3.8) is 0 Å². The minimum absolute atomic E-state index is 0.0804. The van der Waals surface area contributed by atoms with Crippen LogP contribution in [-0.2, 0) is 0 Å². The van der Waals surface area contributed by atoms with Gasteiger partial charge in [0.2, 0.25) is 0 Å². The maximum Gasteiger partial charge on any atom is 0.269 e. The Bertz CT molecular complexity index is 1900. The number of hydrogen-bond donors (Lipinski definition) is 0. The van der Waals surface area contributed by atoms with Crippen molar-refractivity contribution in [2.24, 2.45) is 0 Å². The molecule has 0 saturated heterocycles. The third-order valence-electron chi connectivity index (χ3n) is 7.50. The molecule has 6 aromatic rings. The van der Waals surface area contributed by atoms with Gasteiger partial charge in [0.25, 0.3) is 5.69 Å². The molecule has 0 amide bonds. The van der Waals surface area contributed by atoms with Crippen LogP contribution >= 0.6 is 0 Å². The molecule has 6 aromatic carbocycles. The SMILES string of the molecule is C=C/C=C\C.CC.CC.CN(c1ccc(N(c2ccc(-c3ccccc3)cc2)c2ccc3ccccc3c2)cc1)c1ccc([N+](=O)[O-])cc1. The highest BCUT2D eigenvalue weighted by Crippen LogP contribution is 2.38. The van der Waals surface area contributed by atoms with Crippen LogP contribution in [0.5, 0.6) is 0 Å². The Morgan fingerprint density at radius 1 is 0.571 bits per heavy atom. The molecule has 0 aliphatic rings. The average molecular weight is 650 g/mol. The molecule has 250 valence electrons. The molecule has 0 bridgehead atoms. The number of nitrogens with zero attached hydrogens (tertiary/aromatic N) is 3. The van der Waals surface area contributed by atoms with Crippen LogP contribution in [0.3, 0.4) is 0 Å². The van der Waals surface area contributed by atoms with E-state index in [0.29, 0.717) is 0 Å². The zero-order valence-electron chi connectivity index (χ0n) is 29.5. The third-order valence-corrected chi connectivity index (χ3v) is 7.50. The van der Waals surface area contributed by atoms with Gasteiger partial charge in [-0.05, 0) is 89.5 Å². The fourth-order valence-electron chi connectivity index (χ4n) is 5.10. The van der Waals surface area contributed by atoms with Crippen molar-refractivity contribution in [1.29, 1.82) is 0 Å². The van der Waals surface area contributed by atoms with Gasteiger partial charge in [-0.2, -0.15) is 0 Å². The van der Waals surface area contributed by atoms with Crippen LogP contribution in [0.25, 0.3) is 21.9 Å². The summed E-state index contributed by atoms with van der Waals surface area (Å²) in [5.74, 6) is 0. The lowest BCUT2D eigenvalue weighted by molar-refractivity contribution is -0.384. The average Bonchev–Trinajstić information content (AvgIpc) is 3.18. The smallest absolute Gasteiger partial charge is 0.269 e. The predicted octanol–water partition coefficient (Wildman–Crippen LogP) is 13.5. The highest BCUT2D eigenvalue weighted by molar-refractivity contribution is 5.89. The number of nitro groups is 1. The summed E-state index contributed by atoms with van der Waals surface area (Å²) in [4.78, 5) is 14.9. The van der Waals surface area contributed by atoms with Gasteiger partial charge in [-0.1, -0.05) is 125 Å². The largest absolute Gasteiger partial charge is 0.345 e. The molecule has 0 saturated carbocycles. The van der Waals surface area contributed by atoms with Gasteiger partial charge in [0.05, 0.1) is 4.92 Å². The van der Waals surface area contributed by atoms with Crippen LogP contribution in [0.2, 0.25) is 0 Å². The highest BCUT2D eigenvalue weighted by atomic mass is 16.6. The zero-order chi connectivity index (χ0) is 35.6. The molecule has 0 aliphatic carbocycles. The molecule has 0 radical (unpaired) electrons. The van der Waals surface area contributed by atoms with E-state index in [-0.39, 0.29) is 10.6 Å². The molecule has 5 heteroatoms. The first kappa shape index (κ1) is 37.5. The fraction of sp³-hybridized carbons (Fsp3) is 0.136. The van der Waals surface area contributed by atoms with Gasteiger partial charge in [0.15, 0.2) is 0 Å². The van der Waals surface area contributed by atoms with Gasteiger partial charge in [-0.3, -0.25) is 10.1 Å². The monoisotopic (exact) mass is 649 g/mol. The van der Waals surface area contributed by atoms with Crippen molar-refractivity contribution < 1.29 is 4.92 Å². The van der Waals surface area contributed by atoms with Crippen molar-refractivity contribution in [2.75, 3.05) is 16.8 Å². The Balaban J connectivity index is 0.000000655. The van der Waals surface area contributed by atoms with Crippen LogP contribution < -0.4 is 9.80 Å². The first-order valence-corrected chi connectivity index (χ1v) is 16.7. The molecule has 0 unspecified atom stereocenters. The first-order chi connectivity index (χ1) is 24.0. The van der Waals surface area contributed by atoms with Gasteiger partial charge in [-0.15, -0.1) is 0 Å². The number of allylic oxidation sites excluding steroid dienone is 3. The molecular weight excluding hydrogens is 603 g/mol. The van der Waals surface area contributed by atoms with Crippen LogP contribution in [0, 0.1) is 10.1 Å². The van der Waals surface area contributed by atoms with E-state index >= 15 is 0 Å². The Hall–Kier alpha value is -5.94. The van der Waals surface area contributed by atoms with Gasteiger partial charge < -0.3 is 9.80 Å². The molecular formula is C44H47N3O2. The van der Waals surface area contributed by atoms with E-state index in [2.05, 4.69) is 127 Å². The molecule has 0 atom stereocenters. The quantitative estimate of drug-likeness (QED) is 0.0935. The molecule has 49 heavy (non-hydrogen) atoms. The zero-order valence-corrected chi connectivity index (χ0v) is 29.5. The van der Waals surface area contributed by atoms with E-state index in [1.807, 2.05) is 64.8 Å². The van der Waals surface area contributed by atoms with Crippen LogP contribution in [0.1, 0.15) is 34.6 Å². The Kier molecular flexibility index (Phi) is 15.1. The standard InChI is InChI=1S/C35H27N3O2.C5H8.2C2H6/c1-36(31-19-23-34(24-20-31)38(39)40)30-17-21-33(22-18-30)37(35-16-13-27-9-5-6-10-29(27)25-35)32-14-11-28(12-15-32)26-7-3-2-4-8-26;1-3-5-4-2;2*1-2/h2-25H,1H3;3-5H,1H2,2H3;2*1-2H3/b;5-4-;;. The van der Waals surface area contributed by atoms with Gasteiger partial charge in [0.1, 0.15) is 0 Å². The normalized spacial score (nSPS) is 10.0. The summed E-state index contributed by atoms with van der Waals surface area (Å²) in [7, 11) is 1.96. The van der Waals surface area contributed by atoms with Gasteiger partial charge in [0, 0.05) is 47.6 Å². The van der Waals surface area contributed by atoms with Crippen LogP contribution in [0.4, 0.5) is 34.1 Å². The van der Waals surface area contributed by atoms with E-state index in [1.54, 1.807) is 18.2 Å². The number of hydrogen-bond acceptors (Lipinski definition) is 4. The summed E-state index contributed by atoms with van der Waals surface area (Å²) in [6.07, 6.45) is 5.58. The number of benzene rings is 6. The molecule has 6 rings (SSSR count). The molecule has 0 heterocycles. The van der Waals surface area contributed by atoms with E-state index < -0.39 is 0 Å². The van der Waals surface area contributed by atoms with Gasteiger partial charge >= 0.3 is 0 Å². The van der Waals surface area contributed by atoms with E-state index in [4.69, 9.17) is 0 Å². The summed E-state index contributed by atoms with van der Waals surface area (Å²) in [5, 5.41) is 13.4. The summed E-state index contributed by atoms with van der Waals surface area (Å²) < 4.78 is 0. The fourth-order valence-corrected chi connectivity index (χ4v) is 5.10. The molecule has 0 spiro atoms. The van der Waals surface area contributed by atoms with E-state index in [0.717, 1.165) is 28.4 Å². The summed E-state index contributed by atoms with van der Waals surface area (Å²) in [6.45, 7) is 13.4. The second-order valence-electron chi connectivity index (χ2n) is 10.4. The minimum atomic E-state index is -0.383. The third kappa shape index (κ3) is 10.0. The van der Waals surface area contributed by atoms with Gasteiger partial charge in [-0.25, -0.2) is 0 Å². The van der Waals surface area contributed by atoms with Crippen molar-refractivity contribution in [3.8, 4) is 11.1 Å². The molecule has 0 N–H and O–H groups in total. The lowest BCUT2D eigenvalue weighted by atomic mass is 10.0. The molecule has 0 aromatic heterocycles. The van der Waals surface area contributed by atoms with E-state index in [1.165, 1.54) is 34.0 Å². The number of rotatable bonds is 8. The Morgan fingerprint density at radius 3 is 1.53 bits per heavy atom. The first-order valence-electron chi connectivity index (χ1n) is 16.7. The van der Waals surface area contributed by atoms with Crippen LogP contribution in [-0.4, -0.2) is 12.0 Å². The van der Waals surface area contributed by atoms with E-state index in [9.17, 15) is 10.1 Å². The maximum atomic E-state index is 11.0. The lowest BCUT2D eigenvalue weighted by Crippen LogP contribution is -2.12. The predicted molar refractivity (Wildman–Crippen MR) is 213 cm³/mol. The Morgan fingerprint density at radius 2 is 1.02 bits per heavy atom. The number of fused-ring (bicyclic) bond motifs is 1. The topological polar surface area (TPSA) is 49.6 Å². The maximum absolute atomic E-state index is 11.0. The van der Waals surface area contributed by atoms with Crippen molar-refractivity contribution >= 4 is 44.9 Å². The summed E-state index contributed by atoms with van der Waals surface area (Å²) in [5.41, 5.74) is 7.46. The Labute approximate surface area is 292 Å². The van der Waals surface area contributed by atoms with Crippen LogP contribution in [0.15, 0.2) is 170 Å². The second-order valence-corrected chi connectivity index (χ2v) is 10.4. The van der Waals surface area contributed by atoms with Crippen molar-refractivity contribution in [1.82, 2.24) is 0 Å². The summed E-state index contributed by atoms with van der Waals surface area (Å²) >= 11 is 0. The van der Waals surface area contributed by atoms with Crippen molar-refractivity contribution in [2.45, 2.75) is 34.6 Å². The lowest BCUT2D eigenvalue weighted by Gasteiger charge is -2.27. The highest BCUT2D eigenvalue weighted by Gasteiger charge is 2.15. The number of nitro benzene ring substituents is 1. The molecule has 0 fully saturated rings. The summed E-state index contributed by atoms with van der Waals surface area (Å²) in [6, 6.07) is 48.9. The number of anilines is 5. The van der Waals surface area contributed by atoms with Crippen molar-refractivity contribution in [3.05, 3.63) is 181 Å². The second kappa shape index (κ2) is 19.7. The molecule has 0 aliphatic heterocycles. The minimum Gasteiger partial charge on any atom is -0.345 e. The number of non-ortho nitro benzene ring substituents is 1. The molecule has 5 nitrogen and oxygen atoms in total.